The van der Waals surface area contributed by atoms with E-state index >= 15 is 0 Å². The van der Waals surface area contributed by atoms with E-state index in [9.17, 15) is 9.59 Å². The van der Waals surface area contributed by atoms with E-state index in [4.69, 9.17) is 0 Å². The minimum absolute atomic E-state index is 0.00311. The van der Waals surface area contributed by atoms with E-state index in [1.165, 1.54) is 11.1 Å². The Labute approximate surface area is 165 Å². The molecule has 0 aromatic heterocycles. The number of rotatable bonds is 7. The molecule has 0 radical (unpaired) electrons. The average molecular weight is 377 g/mol. The highest BCUT2D eigenvalue weighted by Crippen LogP contribution is 2.40. The van der Waals surface area contributed by atoms with Gasteiger partial charge in [-0.1, -0.05) is 60.7 Å². The van der Waals surface area contributed by atoms with Gasteiger partial charge in [-0.15, -0.1) is 0 Å². The van der Waals surface area contributed by atoms with Gasteiger partial charge in [0.05, 0.1) is 11.8 Å². The van der Waals surface area contributed by atoms with Gasteiger partial charge in [0, 0.05) is 31.6 Å². The van der Waals surface area contributed by atoms with E-state index in [1.54, 1.807) is 0 Å². The highest BCUT2D eigenvalue weighted by molar-refractivity contribution is 5.89. The molecule has 2 aliphatic rings. The molecule has 1 heterocycles. The predicted molar refractivity (Wildman–Crippen MR) is 109 cm³/mol. The lowest BCUT2D eigenvalue weighted by atomic mass is 9.94. The van der Waals surface area contributed by atoms with Gasteiger partial charge in [-0.3, -0.25) is 9.59 Å². The molecule has 1 aliphatic carbocycles. The molecule has 1 aliphatic heterocycles. The minimum atomic E-state index is -0.301. The molecule has 28 heavy (non-hydrogen) atoms. The summed E-state index contributed by atoms with van der Waals surface area (Å²) in [6, 6.07) is 20.6. The molecule has 5 nitrogen and oxygen atoms in total. The summed E-state index contributed by atoms with van der Waals surface area (Å²) in [5, 5.41) is 9.36. The maximum absolute atomic E-state index is 12.8. The molecule has 2 aromatic rings. The van der Waals surface area contributed by atoms with Gasteiger partial charge >= 0.3 is 0 Å². The van der Waals surface area contributed by atoms with Crippen molar-refractivity contribution in [1.29, 1.82) is 0 Å². The van der Waals surface area contributed by atoms with Crippen LogP contribution < -0.4 is 16.0 Å². The van der Waals surface area contributed by atoms with Crippen LogP contribution in [0.2, 0.25) is 0 Å². The number of nitrogens with one attached hydrogen (secondary N) is 3. The lowest BCUT2D eigenvalue weighted by Gasteiger charge is -2.18. The van der Waals surface area contributed by atoms with Crippen molar-refractivity contribution in [2.75, 3.05) is 19.6 Å². The van der Waals surface area contributed by atoms with Crippen molar-refractivity contribution in [3.8, 4) is 0 Å². The van der Waals surface area contributed by atoms with Crippen LogP contribution in [0.1, 0.15) is 23.5 Å². The summed E-state index contributed by atoms with van der Waals surface area (Å²) in [6.45, 7) is 1.71. The van der Waals surface area contributed by atoms with Crippen LogP contribution in [0, 0.1) is 11.8 Å². The normalized spacial score (nSPS) is 25.9. The van der Waals surface area contributed by atoms with Gasteiger partial charge in [0.25, 0.3) is 0 Å². The predicted octanol–water partition coefficient (Wildman–Crippen LogP) is 1.85. The number of carbonyl (C=O) groups is 2. The van der Waals surface area contributed by atoms with E-state index in [2.05, 4.69) is 40.2 Å². The fourth-order valence-electron chi connectivity index (χ4n) is 4.05. The third-order valence-corrected chi connectivity index (χ3v) is 5.79. The van der Waals surface area contributed by atoms with Gasteiger partial charge in [-0.2, -0.15) is 0 Å². The number of hydrogen-bond acceptors (Lipinski definition) is 3. The van der Waals surface area contributed by atoms with Gasteiger partial charge in [0.15, 0.2) is 0 Å². The van der Waals surface area contributed by atoms with Crippen LogP contribution in [-0.4, -0.2) is 37.5 Å². The first kappa shape index (κ1) is 18.7. The minimum Gasteiger partial charge on any atom is -0.355 e. The van der Waals surface area contributed by atoms with Gasteiger partial charge in [0.2, 0.25) is 11.8 Å². The highest BCUT2D eigenvalue weighted by atomic mass is 16.2. The second-order valence-electron chi connectivity index (χ2n) is 7.77. The maximum Gasteiger partial charge on any atom is 0.225 e. The quantitative estimate of drug-likeness (QED) is 0.690. The van der Waals surface area contributed by atoms with Crippen LogP contribution in [0.3, 0.4) is 0 Å². The highest BCUT2D eigenvalue weighted by Gasteiger charge is 2.43. The fourth-order valence-corrected chi connectivity index (χ4v) is 4.05. The molecule has 0 spiro atoms. The van der Waals surface area contributed by atoms with Crippen molar-refractivity contribution in [2.24, 2.45) is 11.8 Å². The van der Waals surface area contributed by atoms with Crippen molar-refractivity contribution < 1.29 is 9.59 Å². The van der Waals surface area contributed by atoms with Crippen LogP contribution in [0.25, 0.3) is 0 Å². The zero-order chi connectivity index (χ0) is 19.3. The zero-order valence-electron chi connectivity index (χ0n) is 15.9. The second kappa shape index (κ2) is 8.57. The topological polar surface area (TPSA) is 70.2 Å². The van der Waals surface area contributed by atoms with Crippen molar-refractivity contribution in [2.45, 2.75) is 24.8 Å². The van der Waals surface area contributed by atoms with E-state index in [1.807, 2.05) is 36.4 Å². The van der Waals surface area contributed by atoms with Gasteiger partial charge < -0.3 is 16.0 Å². The fraction of sp³-hybridized carbons (Fsp3) is 0.391. The van der Waals surface area contributed by atoms with Crippen molar-refractivity contribution >= 4 is 11.8 Å². The van der Waals surface area contributed by atoms with Gasteiger partial charge in [-0.25, -0.2) is 0 Å². The van der Waals surface area contributed by atoms with Crippen LogP contribution in [0.15, 0.2) is 60.7 Å². The molecule has 4 rings (SSSR count). The number of amides is 2. The van der Waals surface area contributed by atoms with E-state index in [-0.39, 0.29) is 29.7 Å². The maximum atomic E-state index is 12.8. The van der Waals surface area contributed by atoms with Gasteiger partial charge in [0.1, 0.15) is 0 Å². The molecule has 0 bridgehead atoms. The Hall–Kier alpha value is -2.66. The molecule has 1 saturated heterocycles. The first-order valence-electron chi connectivity index (χ1n) is 10.1. The molecule has 1 saturated carbocycles. The van der Waals surface area contributed by atoms with Crippen molar-refractivity contribution in [3.63, 3.8) is 0 Å². The molecular formula is C23H27N3O2. The number of carbonyl (C=O) groups excluding carboxylic acids is 2. The molecule has 2 fully saturated rings. The molecule has 2 unspecified atom stereocenters. The number of benzene rings is 2. The zero-order valence-corrected chi connectivity index (χ0v) is 15.9. The third-order valence-electron chi connectivity index (χ3n) is 5.79. The molecule has 5 heteroatoms. The van der Waals surface area contributed by atoms with Crippen LogP contribution in [0.4, 0.5) is 0 Å². The molecule has 146 valence electrons. The first-order chi connectivity index (χ1) is 13.7. The third kappa shape index (κ3) is 4.42. The Balaban J connectivity index is 1.26. The summed E-state index contributed by atoms with van der Waals surface area (Å²) >= 11 is 0. The molecule has 2 amide bonds. The van der Waals surface area contributed by atoms with E-state index in [0.29, 0.717) is 25.6 Å². The molecule has 4 atom stereocenters. The first-order valence-corrected chi connectivity index (χ1v) is 10.1. The largest absolute Gasteiger partial charge is 0.355 e. The molecule has 2 aromatic carbocycles. The molecular weight excluding hydrogens is 350 g/mol. The van der Waals surface area contributed by atoms with E-state index < -0.39 is 0 Å². The summed E-state index contributed by atoms with van der Waals surface area (Å²) in [7, 11) is 0. The number of hydrogen-bond donors (Lipinski definition) is 3. The summed E-state index contributed by atoms with van der Waals surface area (Å²) in [5.74, 6) is -0.232. The Morgan fingerprint density at radius 3 is 2.25 bits per heavy atom. The Bertz CT molecular complexity index is 809. The summed E-state index contributed by atoms with van der Waals surface area (Å²) in [5.41, 5.74) is 2.47. The Morgan fingerprint density at radius 1 is 0.893 bits per heavy atom. The van der Waals surface area contributed by atoms with Gasteiger partial charge in [-0.05, 0) is 24.0 Å². The monoisotopic (exact) mass is 377 g/mol. The average Bonchev–Trinajstić information content (AvgIpc) is 3.31. The van der Waals surface area contributed by atoms with Crippen molar-refractivity contribution in [1.82, 2.24) is 16.0 Å². The van der Waals surface area contributed by atoms with Crippen LogP contribution in [-0.2, 0) is 16.0 Å². The Morgan fingerprint density at radius 2 is 1.54 bits per heavy atom. The summed E-state index contributed by atoms with van der Waals surface area (Å²) < 4.78 is 0. The van der Waals surface area contributed by atoms with Crippen LogP contribution >= 0.6 is 0 Å². The standard InChI is InChI=1S/C23H27N3O2/c27-22(25-12-11-16-7-3-1-4-8-16)19-14-24-15-20(19)23(28)26-21-13-18(21)17-9-5-2-6-10-17/h1-10,18-21,24H,11-15H2,(H,25,27)(H,26,28)/t18?,19-,20-,21?/m0/s1. The summed E-state index contributed by atoms with van der Waals surface area (Å²) in [4.78, 5) is 25.4. The lowest BCUT2D eigenvalue weighted by Crippen LogP contribution is -2.42. The lowest BCUT2D eigenvalue weighted by molar-refractivity contribution is -0.133. The van der Waals surface area contributed by atoms with Crippen molar-refractivity contribution in [3.05, 3.63) is 71.8 Å². The Kier molecular flexibility index (Phi) is 5.72. The molecule has 3 N–H and O–H groups in total. The van der Waals surface area contributed by atoms with E-state index in [0.717, 1.165) is 12.8 Å². The smallest absolute Gasteiger partial charge is 0.225 e. The summed E-state index contributed by atoms with van der Waals surface area (Å²) in [6.07, 6.45) is 1.77. The SMILES string of the molecule is O=C(NCCc1ccccc1)[C@H]1CNC[C@@H]1C(=O)NC1CC1c1ccccc1. The second-order valence-corrected chi connectivity index (χ2v) is 7.77. The van der Waals surface area contributed by atoms with Crippen LogP contribution in [0.5, 0.6) is 0 Å².